The highest BCUT2D eigenvalue weighted by molar-refractivity contribution is 5.95. The molecule has 1 aliphatic rings. The number of nitro groups is 1. The second-order valence-corrected chi connectivity index (χ2v) is 5.73. The van der Waals surface area contributed by atoms with Crippen LogP contribution in [-0.2, 0) is 9.53 Å². The molecule has 0 saturated carbocycles. The van der Waals surface area contributed by atoms with Crippen molar-refractivity contribution in [3.05, 3.63) is 39.1 Å². The third kappa shape index (κ3) is 4.10. The Morgan fingerprint density at radius 1 is 1.37 bits per heavy atom. The quantitative estimate of drug-likeness (QED) is 0.375. The summed E-state index contributed by atoms with van der Waals surface area (Å²) >= 11 is 0. The number of nitrogens with zero attached hydrogens (tertiary/aromatic N) is 1. The predicted molar refractivity (Wildman–Crippen MR) is 94.3 cm³/mol. The van der Waals surface area contributed by atoms with E-state index in [2.05, 4.69) is 10.6 Å². The Morgan fingerprint density at radius 3 is 2.63 bits per heavy atom. The minimum Gasteiger partial charge on any atom is -0.504 e. The van der Waals surface area contributed by atoms with Gasteiger partial charge in [-0.15, -0.1) is 0 Å². The molecule has 0 aliphatic carbocycles. The van der Waals surface area contributed by atoms with Gasteiger partial charge in [0.15, 0.2) is 11.5 Å². The van der Waals surface area contributed by atoms with E-state index in [1.807, 2.05) is 6.92 Å². The Hall–Kier alpha value is -3.30. The summed E-state index contributed by atoms with van der Waals surface area (Å²) in [6.07, 6.45) is 0.995. The molecule has 1 aromatic carbocycles. The number of ether oxygens (including phenoxy) is 2. The molecule has 0 saturated heterocycles. The molecule has 1 heterocycles. The number of carbonyl (C=O) groups excluding carboxylic acids is 2. The molecule has 0 spiro atoms. The summed E-state index contributed by atoms with van der Waals surface area (Å²) in [5, 5.41) is 26.7. The molecule has 0 aromatic heterocycles. The Labute approximate surface area is 155 Å². The van der Waals surface area contributed by atoms with Crippen molar-refractivity contribution < 1.29 is 29.1 Å². The van der Waals surface area contributed by atoms with Crippen molar-refractivity contribution in [2.75, 3.05) is 13.7 Å². The maximum absolute atomic E-state index is 12.5. The Kier molecular flexibility index (Phi) is 6.22. The summed E-state index contributed by atoms with van der Waals surface area (Å²) in [6.45, 7) is 3.59. The van der Waals surface area contributed by atoms with Crippen LogP contribution in [0.3, 0.4) is 0 Å². The second kappa shape index (κ2) is 8.39. The molecule has 1 aromatic rings. The molecule has 0 radical (unpaired) electrons. The fraction of sp³-hybridized carbons (Fsp3) is 0.412. The van der Waals surface area contributed by atoms with Gasteiger partial charge in [0.25, 0.3) is 5.69 Å². The first-order chi connectivity index (χ1) is 12.8. The molecule has 2 rings (SSSR count). The largest absolute Gasteiger partial charge is 0.504 e. The van der Waals surface area contributed by atoms with Crippen molar-refractivity contribution in [2.24, 2.45) is 0 Å². The van der Waals surface area contributed by atoms with Crippen molar-refractivity contribution >= 4 is 17.7 Å². The normalized spacial score (nSPS) is 16.4. The lowest BCUT2D eigenvalue weighted by Gasteiger charge is -2.29. The molecule has 3 N–H and O–H groups in total. The molecule has 27 heavy (non-hydrogen) atoms. The molecule has 0 bridgehead atoms. The van der Waals surface area contributed by atoms with Crippen LogP contribution in [-0.4, -0.2) is 35.7 Å². The maximum atomic E-state index is 12.5. The van der Waals surface area contributed by atoms with Crippen LogP contribution in [0.25, 0.3) is 0 Å². The Morgan fingerprint density at radius 2 is 2.07 bits per heavy atom. The SMILES string of the molecule is CCCC1=C(C(=O)OCC)C(c2cc(O)c(OC)cc2[N+](=O)[O-])NC(=O)N1. The molecule has 1 unspecified atom stereocenters. The van der Waals surface area contributed by atoms with Crippen LogP contribution in [0, 0.1) is 10.1 Å². The lowest BCUT2D eigenvalue weighted by atomic mass is 9.92. The Balaban J connectivity index is 2.70. The summed E-state index contributed by atoms with van der Waals surface area (Å²) in [5.74, 6) is -1.16. The van der Waals surface area contributed by atoms with Crippen LogP contribution in [0.2, 0.25) is 0 Å². The molecule has 146 valence electrons. The monoisotopic (exact) mass is 379 g/mol. The van der Waals surface area contributed by atoms with Gasteiger partial charge < -0.3 is 25.2 Å². The van der Waals surface area contributed by atoms with E-state index in [1.165, 1.54) is 7.11 Å². The van der Waals surface area contributed by atoms with Gasteiger partial charge in [0.05, 0.1) is 41.9 Å². The summed E-state index contributed by atoms with van der Waals surface area (Å²) < 4.78 is 9.99. The summed E-state index contributed by atoms with van der Waals surface area (Å²) in [7, 11) is 1.26. The molecular weight excluding hydrogens is 358 g/mol. The van der Waals surface area contributed by atoms with Gasteiger partial charge in [-0.2, -0.15) is 0 Å². The van der Waals surface area contributed by atoms with Crippen LogP contribution in [0.5, 0.6) is 11.5 Å². The average Bonchev–Trinajstić information content (AvgIpc) is 2.61. The van der Waals surface area contributed by atoms with E-state index in [0.717, 1.165) is 12.1 Å². The first kappa shape index (κ1) is 20.0. The van der Waals surface area contributed by atoms with Crippen LogP contribution < -0.4 is 15.4 Å². The fourth-order valence-electron chi connectivity index (χ4n) is 2.87. The fourth-order valence-corrected chi connectivity index (χ4v) is 2.87. The highest BCUT2D eigenvalue weighted by atomic mass is 16.6. The lowest BCUT2D eigenvalue weighted by molar-refractivity contribution is -0.385. The van der Waals surface area contributed by atoms with Crippen molar-refractivity contribution in [1.82, 2.24) is 10.6 Å². The number of allylic oxidation sites excluding steroid dienone is 1. The van der Waals surface area contributed by atoms with Gasteiger partial charge in [-0.1, -0.05) is 13.3 Å². The Bertz CT molecular complexity index is 804. The van der Waals surface area contributed by atoms with Crippen molar-refractivity contribution in [3.8, 4) is 11.5 Å². The number of urea groups is 1. The number of methoxy groups -OCH3 is 1. The summed E-state index contributed by atoms with van der Waals surface area (Å²) in [4.78, 5) is 35.5. The number of phenols is 1. The van der Waals surface area contributed by atoms with Gasteiger partial charge in [-0.05, 0) is 19.4 Å². The molecule has 1 atom stereocenters. The van der Waals surface area contributed by atoms with Crippen molar-refractivity contribution in [3.63, 3.8) is 0 Å². The van der Waals surface area contributed by atoms with Crippen LogP contribution in [0.15, 0.2) is 23.4 Å². The zero-order chi connectivity index (χ0) is 20.1. The molecule has 2 amide bonds. The summed E-state index contributed by atoms with van der Waals surface area (Å²) in [5.41, 5.74) is -0.0698. The van der Waals surface area contributed by atoms with Gasteiger partial charge in [-0.3, -0.25) is 10.1 Å². The topological polar surface area (TPSA) is 140 Å². The van der Waals surface area contributed by atoms with Gasteiger partial charge in [0.2, 0.25) is 0 Å². The zero-order valence-corrected chi connectivity index (χ0v) is 15.2. The van der Waals surface area contributed by atoms with Gasteiger partial charge >= 0.3 is 12.0 Å². The zero-order valence-electron chi connectivity index (χ0n) is 15.2. The van der Waals surface area contributed by atoms with Gasteiger partial charge in [-0.25, -0.2) is 9.59 Å². The van der Waals surface area contributed by atoms with Gasteiger partial charge in [0.1, 0.15) is 0 Å². The number of nitrogens with one attached hydrogen (secondary N) is 2. The highest BCUT2D eigenvalue weighted by Crippen LogP contribution is 2.40. The molecule has 1 aliphatic heterocycles. The first-order valence-corrected chi connectivity index (χ1v) is 8.36. The highest BCUT2D eigenvalue weighted by Gasteiger charge is 2.37. The minimum absolute atomic E-state index is 0.0511. The second-order valence-electron chi connectivity index (χ2n) is 5.73. The maximum Gasteiger partial charge on any atom is 0.338 e. The van der Waals surface area contributed by atoms with E-state index < -0.39 is 28.7 Å². The molecule has 0 fully saturated rings. The predicted octanol–water partition coefficient (Wildman–Crippen LogP) is 2.28. The third-order valence-corrected chi connectivity index (χ3v) is 3.98. The number of hydrogen-bond acceptors (Lipinski definition) is 7. The van der Waals surface area contributed by atoms with E-state index in [4.69, 9.17) is 9.47 Å². The third-order valence-electron chi connectivity index (χ3n) is 3.98. The number of aromatic hydroxyl groups is 1. The van der Waals surface area contributed by atoms with Gasteiger partial charge in [0, 0.05) is 5.70 Å². The number of nitro benzene ring substituents is 1. The average molecular weight is 379 g/mol. The van der Waals surface area contributed by atoms with Crippen molar-refractivity contribution in [2.45, 2.75) is 32.7 Å². The summed E-state index contributed by atoms with van der Waals surface area (Å²) in [6, 6.07) is 0.384. The number of carbonyl (C=O) groups is 2. The smallest absolute Gasteiger partial charge is 0.338 e. The number of phenolic OH excluding ortho intramolecular Hbond substituents is 1. The van der Waals surface area contributed by atoms with E-state index in [0.29, 0.717) is 18.5 Å². The van der Waals surface area contributed by atoms with Crippen molar-refractivity contribution in [1.29, 1.82) is 0 Å². The number of rotatable bonds is 7. The minimum atomic E-state index is -1.16. The van der Waals surface area contributed by atoms with E-state index in [-0.39, 0.29) is 29.2 Å². The van der Waals surface area contributed by atoms with Crippen LogP contribution >= 0.6 is 0 Å². The van der Waals surface area contributed by atoms with E-state index in [1.54, 1.807) is 6.92 Å². The number of esters is 1. The number of amides is 2. The van der Waals surface area contributed by atoms with E-state index in [9.17, 15) is 24.8 Å². The van der Waals surface area contributed by atoms with Crippen LogP contribution in [0.4, 0.5) is 10.5 Å². The lowest BCUT2D eigenvalue weighted by Crippen LogP contribution is -2.46. The number of hydrogen-bond donors (Lipinski definition) is 3. The molecule has 10 nitrogen and oxygen atoms in total. The first-order valence-electron chi connectivity index (χ1n) is 8.36. The van der Waals surface area contributed by atoms with Crippen LogP contribution in [0.1, 0.15) is 38.3 Å². The van der Waals surface area contributed by atoms with E-state index >= 15 is 0 Å². The standard InChI is InChI=1S/C17H21N3O7/c1-4-6-10-14(16(22)27-5-2)15(19-17(23)18-10)9-7-12(21)13(26-3)8-11(9)20(24)25/h7-8,15,21H,4-6H2,1-3H3,(H2,18,19,23). The molecule has 10 heteroatoms. The number of benzene rings is 1. The molecular formula is C17H21N3O7.